The summed E-state index contributed by atoms with van der Waals surface area (Å²) in [5, 5.41) is 0.255. The Kier molecular flexibility index (Phi) is 3.03. The molecule has 0 aliphatic heterocycles. The Morgan fingerprint density at radius 3 is 2.55 bits per heavy atom. The lowest BCUT2D eigenvalue weighted by Gasteiger charge is -2.08. The molecule has 0 bridgehead atoms. The molecule has 20 heavy (non-hydrogen) atoms. The molecule has 0 aliphatic carbocycles. The van der Waals surface area contributed by atoms with Crippen LogP contribution in [0, 0.1) is 11.6 Å². The van der Waals surface area contributed by atoms with Gasteiger partial charge in [0.1, 0.15) is 11.6 Å². The van der Waals surface area contributed by atoms with Crippen LogP contribution in [0.25, 0.3) is 16.7 Å². The largest absolute Gasteiger partial charge is 0.369 e. The minimum Gasteiger partial charge on any atom is -0.369 e. The fourth-order valence-electron chi connectivity index (χ4n) is 2.00. The summed E-state index contributed by atoms with van der Waals surface area (Å²) in [7, 11) is 0. The normalized spacial score (nSPS) is 11.2. The molecule has 2 aromatic carbocycles. The summed E-state index contributed by atoms with van der Waals surface area (Å²) in [6, 6.07) is 6.49. The first-order chi connectivity index (χ1) is 9.47. The van der Waals surface area contributed by atoms with Crippen molar-refractivity contribution in [2.45, 2.75) is 0 Å². The average molecular weight is 314 g/mol. The number of halogens is 4. The molecule has 0 amide bonds. The van der Waals surface area contributed by atoms with Crippen LogP contribution in [0.15, 0.2) is 30.3 Å². The van der Waals surface area contributed by atoms with Crippen molar-refractivity contribution >= 4 is 40.2 Å². The summed E-state index contributed by atoms with van der Waals surface area (Å²) >= 11 is 11.5. The number of hydrogen-bond acceptors (Lipinski definition) is 2. The van der Waals surface area contributed by atoms with Crippen LogP contribution in [0.1, 0.15) is 0 Å². The second kappa shape index (κ2) is 4.61. The lowest BCUT2D eigenvalue weighted by atomic mass is 10.2. The van der Waals surface area contributed by atoms with Crippen molar-refractivity contribution in [2.75, 3.05) is 5.73 Å². The summed E-state index contributed by atoms with van der Waals surface area (Å²) in [4.78, 5) is 4.04. The number of benzene rings is 2. The molecule has 0 saturated heterocycles. The van der Waals surface area contributed by atoms with E-state index in [9.17, 15) is 8.78 Å². The molecule has 3 nitrogen and oxygen atoms in total. The van der Waals surface area contributed by atoms with Crippen LogP contribution in [0.2, 0.25) is 10.0 Å². The third-order valence-electron chi connectivity index (χ3n) is 2.87. The summed E-state index contributed by atoms with van der Waals surface area (Å²) in [6.45, 7) is 0. The molecule has 3 aromatic rings. The van der Waals surface area contributed by atoms with Gasteiger partial charge in [0.05, 0.1) is 21.7 Å². The first-order valence-electron chi connectivity index (χ1n) is 5.56. The van der Waals surface area contributed by atoms with Crippen molar-refractivity contribution in [2.24, 2.45) is 0 Å². The second-order valence-electron chi connectivity index (χ2n) is 4.16. The van der Waals surface area contributed by atoms with Crippen molar-refractivity contribution in [3.8, 4) is 5.69 Å². The lowest BCUT2D eigenvalue weighted by Crippen LogP contribution is -2.03. The Morgan fingerprint density at radius 1 is 1.05 bits per heavy atom. The predicted octanol–water partition coefficient (Wildman–Crippen LogP) is 4.19. The molecule has 0 aliphatic rings. The Balaban J connectivity index is 2.38. The molecule has 0 fully saturated rings. The molecular formula is C13H7Cl2F2N3. The van der Waals surface area contributed by atoms with Crippen LogP contribution in [0.4, 0.5) is 14.7 Å². The molecule has 102 valence electrons. The number of nitrogen functional groups attached to an aromatic ring is 1. The first-order valence-corrected chi connectivity index (χ1v) is 6.31. The van der Waals surface area contributed by atoms with Crippen molar-refractivity contribution < 1.29 is 8.78 Å². The zero-order valence-corrected chi connectivity index (χ0v) is 11.4. The molecule has 7 heteroatoms. The van der Waals surface area contributed by atoms with Crippen LogP contribution in [-0.2, 0) is 0 Å². The smallest absolute Gasteiger partial charge is 0.206 e. The Bertz CT molecular complexity index is 830. The fraction of sp³-hybridized carbons (Fsp3) is 0. The number of nitrogens with zero attached hydrogens (tertiary/aromatic N) is 2. The summed E-state index contributed by atoms with van der Waals surface area (Å²) < 4.78 is 28.8. The molecule has 0 saturated carbocycles. The van der Waals surface area contributed by atoms with Crippen molar-refractivity contribution in [1.29, 1.82) is 0 Å². The zero-order valence-electron chi connectivity index (χ0n) is 9.87. The maximum Gasteiger partial charge on any atom is 0.206 e. The predicted molar refractivity (Wildman–Crippen MR) is 75.4 cm³/mol. The molecular weight excluding hydrogens is 307 g/mol. The van der Waals surface area contributed by atoms with E-state index >= 15 is 0 Å². The molecule has 0 atom stereocenters. The molecule has 2 N–H and O–H groups in total. The van der Waals surface area contributed by atoms with Crippen molar-refractivity contribution in [1.82, 2.24) is 9.55 Å². The van der Waals surface area contributed by atoms with Gasteiger partial charge in [-0.3, -0.25) is 4.57 Å². The van der Waals surface area contributed by atoms with Gasteiger partial charge in [-0.1, -0.05) is 23.2 Å². The fourth-order valence-corrected chi connectivity index (χ4v) is 2.33. The highest BCUT2D eigenvalue weighted by Gasteiger charge is 2.16. The summed E-state index contributed by atoms with van der Waals surface area (Å²) in [6.07, 6.45) is 0. The number of hydrogen-bond donors (Lipinski definition) is 1. The van der Waals surface area contributed by atoms with Crippen LogP contribution >= 0.6 is 23.2 Å². The topological polar surface area (TPSA) is 43.8 Å². The monoisotopic (exact) mass is 313 g/mol. The molecule has 1 heterocycles. The van der Waals surface area contributed by atoms with Gasteiger partial charge in [-0.15, -0.1) is 0 Å². The number of rotatable bonds is 1. The van der Waals surface area contributed by atoms with Gasteiger partial charge in [-0.05, 0) is 24.3 Å². The summed E-state index contributed by atoms with van der Waals surface area (Å²) in [5.41, 5.74) is 6.56. The van der Waals surface area contributed by atoms with Gasteiger partial charge >= 0.3 is 0 Å². The van der Waals surface area contributed by atoms with E-state index in [-0.39, 0.29) is 16.7 Å². The van der Waals surface area contributed by atoms with Crippen molar-refractivity contribution in [3.05, 3.63) is 52.0 Å². The van der Waals surface area contributed by atoms with Crippen molar-refractivity contribution in [3.63, 3.8) is 0 Å². The SMILES string of the molecule is Nc1nc2cc(Cl)c(F)cc2n1-c1cc(Cl)ccc1F. The van der Waals surface area contributed by atoms with E-state index in [4.69, 9.17) is 28.9 Å². The molecule has 3 rings (SSSR count). The number of imidazole rings is 1. The van der Waals surface area contributed by atoms with Gasteiger partial charge in [0, 0.05) is 11.1 Å². The summed E-state index contributed by atoms with van der Waals surface area (Å²) in [5.74, 6) is -1.17. The van der Waals surface area contributed by atoms with E-state index in [1.807, 2.05) is 0 Å². The Hall–Kier alpha value is -1.85. The van der Waals surface area contributed by atoms with E-state index in [2.05, 4.69) is 4.98 Å². The molecule has 1 aromatic heterocycles. The molecule has 0 radical (unpaired) electrons. The Morgan fingerprint density at radius 2 is 1.80 bits per heavy atom. The zero-order chi connectivity index (χ0) is 14.4. The maximum atomic E-state index is 13.9. The minimum absolute atomic E-state index is 0.0165. The van der Waals surface area contributed by atoms with E-state index in [0.717, 1.165) is 6.07 Å². The third kappa shape index (κ3) is 1.99. The maximum absolute atomic E-state index is 13.9. The molecule has 0 spiro atoms. The van der Waals surface area contributed by atoms with Crippen LogP contribution < -0.4 is 5.73 Å². The number of anilines is 1. The van der Waals surface area contributed by atoms with Gasteiger partial charge in [0.2, 0.25) is 5.95 Å². The first kappa shape index (κ1) is 13.1. The van der Waals surface area contributed by atoms with Gasteiger partial charge < -0.3 is 5.73 Å². The average Bonchev–Trinajstić information content (AvgIpc) is 2.69. The van der Waals surface area contributed by atoms with Crippen LogP contribution in [0.5, 0.6) is 0 Å². The number of aromatic nitrogens is 2. The Labute approximate surface area is 122 Å². The highest BCUT2D eigenvalue weighted by atomic mass is 35.5. The minimum atomic E-state index is -0.636. The van der Waals surface area contributed by atoms with E-state index in [1.54, 1.807) is 0 Å². The van der Waals surface area contributed by atoms with Gasteiger partial charge in [0.15, 0.2) is 0 Å². The van der Waals surface area contributed by atoms with E-state index < -0.39 is 11.6 Å². The third-order valence-corrected chi connectivity index (χ3v) is 3.40. The lowest BCUT2D eigenvalue weighted by molar-refractivity contribution is 0.618. The highest BCUT2D eigenvalue weighted by Crippen LogP contribution is 2.29. The van der Waals surface area contributed by atoms with Gasteiger partial charge in [-0.25, -0.2) is 13.8 Å². The highest BCUT2D eigenvalue weighted by molar-refractivity contribution is 6.31. The standard InChI is InChI=1S/C13H7Cl2F2N3/c14-6-1-2-8(16)11(3-6)20-12-5-9(17)7(15)4-10(12)19-13(20)18/h1-5H,(H2,18,19). The number of fused-ring (bicyclic) bond motifs is 1. The van der Waals surface area contributed by atoms with Crippen LogP contribution in [-0.4, -0.2) is 9.55 Å². The quantitative estimate of drug-likeness (QED) is 0.732. The van der Waals surface area contributed by atoms with Crippen LogP contribution in [0.3, 0.4) is 0 Å². The van der Waals surface area contributed by atoms with Gasteiger partial charge in [0.25, 0.3) is 0 Å². The number of nitrogens with two attached hydrogens (primary N) is 1. The van der Waals surface area contributed by atoms with E-state index in [1.165, 1.54) is 28.8 Å². The van der Waals surface area contributed by atoms with Gasteiger partial charge in [-0.2, -0.15) is 0 Å². The second-order valence-corrected chi connectivity index (χ2v) is 5.00. The molecule has 0 unspecified atom stereocenters. The van der Waals surface area contributed by atoms with E-state index in [0.29, 0.717) is 16.1 Å².